The predicted molar refractivity (Wildman–Crippen MR) is 126 cm³/mol. The Morgan fingerprint density at radius 3 is 2.42 bits per heavy atom. The van der Waals surface area contributed by atoms with Crippen LogP contribution in [0, 0.1) is 12.7 Å². The van der Waals surface area contributed by atoms with E-state index in [0.717, 1.165) is 5.56 Å². The van der Waals surface area contributed by atoms with E-state index in [0.29, 0.717) is 40.6 Å². The molecule has 0 saturated heterocycles. The summed E-state index contributed by atoms with van der Waals surface area (Å²) in [4.78, 5) is 16.8. The zero-order valence-corrected chi connectivity index (χ0v) is 19.9. The largest absolute Gasteiger partial charge is 0.491 e. The van der Waals surface area contributed by atoms with E-state index in [4.69, 9.17) is 25.8 Å². The minimum absolute atomic E-state index is 0.127. The molecule has 174 valence electrons. The fourth-order valence-electron chi connectivity index (χ4n) is 3.57. The first-order chi connectivity index (χ1) is 15.8. The van der Waals surface area contributed by atoms with E-state index >= 15 is 0 Å². The van der Waals surface area contributed by atoms with Crippen LogP contribution in [0.4, 0.5) is 4.39 Å². The third kappa shape index (κ3) is 5.82. The van der Waals surface area contributed by atoms with Gasteiger partial charge in [0.15, 0.2) is 17.3 Å². The van der Waals surface area contributed by atoms with Crippen molar-refractivity contribution < 1.29 is 23.4 Å². The Bertz CT molecular complexity index is 1100. The molecule has 1 heterocycles. The number of hydrogen-bond donors (Lipinski definition) is 0. The maximum Gasteiger partial charge on any atom is 0.205 e. The molecule has 1 aromatic heterocycles. The van der Waals surface area contributed by atoms with Gasteiger partial charge in [-0.05, 0) is 61.6 Å². The second-order valence-corrected chi connectivity index (χ2v) is 8.14. The number of carbonyl (C=O) groups excluding carboxylic acids is 1. The lowest BCUT2D eigenvalue weighted by atomic mass is 9.98. The van der Waals surface area contributed by atoms with Gasteiger partial charge in [0.05, 0.1) is 30.0 Å². The van der Waals surface area contributed by atoms with Gasteiger partial charge < -0.3 is 14.2 Å². The molecule has 0 aliphatic heterocycles. The Balaban J connectivity index is 1.90. The minimum atomic E-state index is -0.271. The highest BCUT2D eigenvalue weighted by molar-refractivity contribution is 6.34. The summed E-state index contributed by atoms with van der Waals surface area (Å²) in [7, 11) is 1.49. The average molecular weight is 472 g/mol. The van der Waals surface area contributed by atoms with E-state index in [-0.39, 0.29) is 35.6 Å². The number of halogens is 2. The third-order valence-corrected chi connectivity index (χ3v) is 5.88. The molecule has 3 rings (SSSR count). The summed E-state index contributed by atoms with van der Waals surface area (Å²) in [6.45, 7) is 5.70. The Kier molecular flexibility index (Phi) is 8.28. The summed E-state index contributed by atoms with van der Waals surface area (Å²) in [5.41, 5.74) is 2.61. The van der Waals surface area contributed by atoms with E-state index in [1.54, 1.807) is 25.3 Å². The van der Waals surface area contributed by atoms with E-state index < -0.39 is 0 Å². The van der Waals surface area contributed by atoms with Gasteiger partial charge in [0, 0.05) is 6.20 Å². The molecule has 2 aromatic carbocycles. The van der Waals surface area contributed by atoms with Gasteiger partial charge in [0.25, 0.3) is 0 Å². The highest BCUT2D eigenvalue weighted by atomic mass is 35.5. The van der Waals surface area contributed by atoms with Crippen molar-refractivity contribution in [3.05, 3.63) is 81.9 Å². The number of rotatable bonds is 10. The second kappa shape index (κ2) is 11.1. The summed E-state index contributed by atoms with van der Waals surface area (Å²) in [5, 5.41) is 0.300. The van der Waals surface area contributed by atoms with Crippen LogP contribution < -0.4 is 14.2 Å². The van der Waals surface area contributed by atoms with Crippen LogP contribution in [0.5, 0.6) is 17.2 Å². The van der Waals surface area contributed by atoms with Crippen molar-refractivity contribution in [2.24, 2.45) is 0 Å². The molecule has 0 bridgehead atoms. The van der Waals surface area contributed by atoms with Gasteiger partial charge in [-0.1, -0.05) is 36.7 Å². The number of Topliss-reactive ketones (excluding diaryl/α,β-unsaturated/α-hetero) is 1. The number of methoxy groups -OCH3 is 1. The molecule has 7 heteroatoms. The number of carbonyl (C=O) groups is 1. The molecule has 0 aliphatic carbocycles. The normalized spacial score (nSPS) is 11.7. The topological polar surface area (TPSA) is 57.7 Å². The Labute approximate surface area is 198 Å². The van der Waals surface area contributed by atoms with Crippen LogP contribution in [0.15, 0.2) is 48.7 Å². The monoisotopic (exact) mass is 471 g/mol. The van der Waals surface area contributed by atoms with Crippen molar-refractivity contribution in [3.8, 4) is 17.2 Å². The fraction of sp³-hybridized carbons (Fsp3) is 0.308. The van der Waals surface area contributed by atoms with Crippen LogP contribution in [0.25, 0.3) is 0 Å². The number of ether oxygens (including phenoxy) is 3. The Hall–Kier alpha value is -3.12. The number of ketones is 1. The number of pyridine rings is 1. The summed E-state index contributed by atoms with van der Waals surface area (Å²) in [6, 6.07) is 11.9. The Morgan fingerprint density at radius 2 is 1.82 bits per heavy atom. The van der Waals surface area contributed by atoms with Gasteiger partial charge >= 0.3 is 0 Å². The highest BCUT2D eigenvalue weighted by Gasteiger charge is 2.27. The van der Waals surface area contributed by atoms with Gasteiger partial charge in [-0.15, -0.1) is 0 Å². The highest BCUT2D eigenvalue weighted by Crippen LogP contribution is 2.48. The second-order valence-electron chi connectivity index (χ2n) is 7.76. The first-order valence-electron chi connectivity index (χ1n) is 10.6. The molecule has 0 aliphatic rings. The molecular formula is C26H27ClFNO4. The molecule has 33 heavy (non-hydrogen) atoms. The van der Waals surface area contributed by atoms with Crippen molar-refractivity contribution in [3.63, 3.8) is 0 Å². The van der Waals surface area contributed by atoms with Crippen LogP contribution in [0.2, 0.25) is 5.02 Å². The fourth-order valence-corrected chi connectivity index (χ4v) is 3.82. The smallest absolute Gasteiger partial charge is 0.205 e. The Morgan fingerprint density at radius 1 is 1.09 bits per heavy atom. The number of hydrogen-bond acceptors (Lipinski definition) is 5. The first kappa shape index (κ1) is 24.5. The summed E-state index contributed by atoms with van der Waals surface area (Å²) >= 11 is 6.53. The van der Waals surface area contributed by atoms with Crippen molar-refractivity contribution in [1.82, 2.24) is 4.98 Å². The summed E-state index contributed by atoms with van der Waals surface area (Å²) in [5.74, 6) is 0.527. The lowest BCUT2D eigenvalue weighted by Gasteiger charge is -2.22. The van der Waals surface area contributed by atoms with Crippen molar-refractivity contribution >= 4 is 17.4 Å². The predicted octanol–water partition coefficient (Wildman–Crippen LogP) is 6.55. The van der Waals surface area contributed by atoms with Gasteiger partial charge in [0.1, 0.15) is 12.4 Å². The maximum atomic E-state index is 13.2. The zero-order chi connectivity index (χ0) is 24.0. The molecule has 0 amide bonds. The molecule has 0 N–H and O–H groups in total. The molecular weight excluding hydrogens is 445 g/mol. The quantitative estimate of drug-likeness (QED) is 0.314. The van der Waals surface area contributed by atoms with Gasteiger partial charge in [0.2, 0.25) is 5.75 Å². The van der Waals surface area contributed by atoms with Crippen molar-refractivity contribution in [1.29, 1.82) is 0 Å². The zero-order valence-electron chi connectivity index (χ0n) is 19.2. The molecule has 1 unspecified atom stereocenters. The molecule has 0 spiro atoms. The van der Waals surface area contributed by atoms with Crippen molar-refractivity contribution in [2.75, 3.05) is 13.7 Å². The standard InChI is InChI=1S/C26H27ClFNO4/c1-16(19-8-10-20(28)11-9-19)12-14-32-26-24(33-15-21-7-5-6-13-29-21)22(18(3)30)17(2)23(27)25(26)31-4/h5-11,13,16H,12,14-15H2,1-4H3. The van der Waals surface area contributed by atoms with Gasteiger partial charge in [-0.3, -0.25) is 9.78 Å². The molecule has 3 aromatic rings. The molecule has 0 radical (unpaired) electrons. The lowest BCUT2D eigenvalue weighted by molar-refractivity contribution is 0.101. The van der Waals surface area contributed by atoms with Gasteiger partial charge in [-0.2, -0.15) is 0 Å². The average Bonchev–Trinajstić information content (AvgIpc) is 2.81. The van der Waals surface area contributed by atoms with E-state index in [2.05, 4.69) is 4.98 Å². The van der Waals surface area contributed by atoms with Crippen LogP contribution in [0.1, 0.15) is 53.4 Å². The van der Waals surface area contributed by atoms with E-state index in [1.165, 1.54) is 26.2 Å². The van der Waals surface area contributed by atoms with E-state index in [1.807, 2.05) is 25.1 Å². The first-order valence-corrected chi connectivity index (χ1v) is 11.0. The number of benzene rings is 2. The van der Waals surface area contributed by atoms with Crippen LogP contribution in [-0.4, -0.2) is 24.5 Å². The van der Waals surface area contributed by atoms with Gasteiger partial charge in [-0.25, -0.2) is 4.39 Å². The maximum absolute atomic E-state index is 13.2. The minimum Gasteiger partial charge on any atom is -0.491 e. The number of nitrogens with zero attached hydrogens (tertiary/aromatic N) is 1. The summed E-state index contributed by atoms with van der Waals surface area (Å²) < 4.78 is 30.9. The summed E-state index contributed by atoms with van der Waals surface area (Å²) in [6.07, 6.45) is 2.32. The molecule has 1 atom stereocenters. The molecule has 0 fully saturated rings. The van der Waals surface area contributed by atoms with Crippen LogP contribution in [0.3, 0.4) is 0 Å². The van der Waals surface area contributed by atoms with Crippen molar-refractivity contribution in [2.45, 2.75) is 39.7 Å². The molecule has 5 nitrogen and oxygen atoms in total. The SMILES string of the molecule is COc1c(Cl)c(C)c(C(C)=O)c(OCc2ccccn2)c1OCCC(C)c1ccc(F)cc1. The van der Waals surface area contributed by atoms with Crippen LogP contribution >= 0.6 is 11.6 Å². The third-order valence-electron chi connectivity index (χ3n) is 5.43. The van der Waals surface area contributed by atoms with E-state index in [9.17, 15) is 9.18 Å². The lowest BCUT2D eigenvalue weighted by Crippen LogP contribution is -2.11. The number of aromatic nitrogens is 1. The van der Waals surface area contributed by atoms with Crippen LogP contribution in [-0.2, 0) is 6.61 Å². The molecule has 0 saturated carbocycles.